The van der Waals surface area contributed by atoms with E-state index in [2.05, 4.69) is 5.32 Å². The van der Waals surface area contributed by atoms with Crippen LogP contribution in [0.1, 0.15) is 24.2 Å². The first-order valence-electron chi connectivity index (χ1n) is 8.29. The van der Waals surface area contributed by atoms with E-state index in [0.29, 0.717) is 24.3 Å². The third-order valence-electron chi connectivity index (χ3n) is 4.37. The minimum Gasteiger partial charge on any atom is -0.467 e. The molecule has 0 saturated carbocycles. The van der Waals surface area contributed by atoms with Crippen molar-refractivity contribution in [1.82, 2.24) is 9.62 Å². The first kappa shape index (κ1) is 20.7. The van der Waals surface area contributed by atoms with Crippen molar-refractivity contribution in [3.8, 4) is 0 Å². The molecule has 1 aliphatic heterocycles. The maximum absolute atomic E-state index is 13.0. The summed E-state index contributed by atoms with van der Waals surface area (Å²) >= 11 is 5.88. The maximum Gasteiger partial charge on any atom is 0.416 e. The van der Waals surface area contributed by atoms with E-state index in [0.717, 1.165) is 10.4 Å². The SMILES string of the molecule is O=C(NCc1ccco1)[C@@H]1CCCN1S(=O)(=O)c1cc(C(F)(F)F)ccc1Cl. The highest BCUT2D eigenvalue weighted by Crippen LogP contribution is 2.36. The molecule has 1 amide bonds. The molecule has 0 bridgehead atoms. The number of furan rings is 1. The first-order valence-corrected chi connectivity index (χ1v) is 10.1. The van der Waals surface area contributed by atoms with E-state index < -0.39 is 38.6 Å². The number of amides is 1. The molecule has 1 saturated heterocycles. The zero-order chi connectivity index (χ0) is 20.5. The fourth-order valence-electron chi connectivity index (χ4n) is 3.00. The first-order chi connectivity index (χ1) is 13.1. The number of carbonyl (C=O) groups excluding carboxylic acids is 1. The molecular weight excluding hydrogens is 421 g/mol. The second-order valence-electron chi connectivity index (χ2n) is 6.21. The van der Waals surface area contributed by atoms with Gasteiger partial charge in [0.25, 0.3) is 0 Å². The van der Waals surface area contributed by atoms with Gasteiger partial charge in [0.15, 0.2) is 0 Å². The normalized spacial score (nSPS) is 18.4. The smallest absolute Gasteiger partial charge is 0.416 e. The van der Waals surface area contributed by atoms with Crippen LogP contribution in [0.4, 0.5) is 13.2 Å². The van der Waals surface area contributed by atoms with Gasteiger partial charge in [-0.3, -0.25) is 4.79 Å². The van der Waals surface area contributed by atoms with E-state index in [1.807, 2.05) is 0 Å². The van der Waals surface area contributed by atoms with Crippen molar-refractivity contribution in [3.05, 3.63) is 52.9 Å². The van der Waals surface area contributed by atoms with Gasteiger partial charge in [0, 0.05) is 6.54 Å². The number of halogens is 4. The highest BCUT2D eigenvalue weighted by atomic mass is 35.5. The van der Waals surface area contributed by atoms with Gasteiger partial charge in [0.1, 0.15) is 16.7 Å². The van der Waals surface area contributed by atoms with E-state index in [4.69, 9.17) is 16.0 Å². The second kappa shape index (κ2) is 7.76. The fraction of sp³-hybridized carbons (Fsp3) is 0.353. The summed E-state index contributed by atoms with van der Waals surface area (Å²) in [6.07, 6.45) is -2.64. The van der Waals surface area contributed by atoms with Crippen LogP contribution in [0.2, 0.25) is 5.02 Å². The monoisotopic (exact) mass is 436 g/mol. The Hall–Kier alpha value is -2.04. The Bertz CT molecular complexity index is 961. The minimum atomic E-state index is -4.72. The molecule has 2 aromatic rings. The summed E-state index contributed by atoms with van der Waals surface area (Å²) in [6, 6.07) is 4.34. The highest BCUT2D eigenvalue weighted by molar-refractivity contribution is 7.89. The largest absolute Gasteiger partial charge is 0.467 e. The average molecular weight is 437 g/mol. The van der Waals surface area contributed by atoms with Crippen LogP contribution < -0.4 is 5.32 Å². The second-order valence-corrected chi connectivity index (χ2v) is 8.48. The summed E-state index contributed by atoms with van der Waals surface area (Å²) in [6.45, 7) is 0.0777. The van der Waals surface area contributed by atoms with Crippen molar-refractivity contribution in [2.24, 2.45) is 0 Å². The topological polar surface area (TPSA) is 79.6 Å². The van der Waals surface area contributed by atoms with Gasteiger partial charge in [-0.2, -0.15) is 17.5 Å². The quantitative estimate of drug-likeness (QED) is 0.778. The van der Waals surface area contributed by atoms with E-state index in [9.17, 15) is 26.4 Å². The van der Waals surface area contributed by atoms with Crippen LogP contribution >= 0.6 is 11.6 Å². The number of sulfonamides is 1. The van der Waals surface area contributed by atoms with Crippen LogP contribution in [0.3, 0.4) is 0 Å². The molecule has 1 aromatic carbocycles. The van der Waals surface area contributed by atoms with Crippen LogP contribution in [0.25, 0.3) is 0 Å². The molecule has 0 spiro atoms. The van der Waals surface area contributed by atoms with Crippen LogP contribution in [0, 0.1) is 0 Å². The predicted molar refractivity (Wildman–Crippen MR) is 93.9 cm³/mol. The Morgan fingerprint density at radius 3 is 2.71 bits per heavy atom. The lowest BCUT2D eigenvalue weighted by Crippen LogP contribution is -2.45. The molecule has 0 radical (unpaired) electrons. The highest BCUT2D eigenvalue weighted by Gasteiger charge is 2.41. The van der Waals surface area contributed by atoms with Crippen molar-refractivity contribution >= 4 is 27.5 Å². The molecule has 0 unspecified atom stereocenters. The number of rotatable bonds is 5. The number of nitrogens with zero attached hydrogens (tertiary/aromatic N) is 1. The van der Waals surface area contributed by atoms with Crippen molar-refractivity contribution in [1.29, 1.82) is 0 Å². The van der Waals surface area contributed by atoms with Crippen molar-refractivity contribution in [2.75, 3.05) is 6.54 Å². The summed E-state index contributed by atoms with van der Waals surface area (Å²) in [7, 11) is -4.40. The summed E-state index contributed by atoms with van der Waals surface area (Å²) < 4.78 is 70.9. The molecule has 1 atom stereocenters. The zero-order valence-corrected chi connectivity index (χ0v) is 15.9. The molecule has 2 heterocycles. The number of alkyl halides is 3. The van der Waals surface area contributed by atoms with Gasteiger partial charge < -0.3 is 9.73 Å². The number of carbonyl (C=O) groups is 1. The molecule has 152 valence electrons. The number of hydrogen-bond donors (Lipinski definition) is 1. The summed E-state index contributed by atoms with van der Waals surface area (Å²) in [5.41, 5.74) is -1.13. The van der Waals surface area contributed by atoms with Gasteiger partial charge in [0.2, 0.25) is 15.9 Å². The Balaban J connectivity index is 1.85. The predicted octanol–water partition coefficient (Wildman–Crippen LogP) is 3.42. The lowest BCUT2D eigenvalue weighted by Gasteiger charge is -2.24. The molecule has 11 heteroatoms. The third-order valence-corrected chi connectivity index (χ3v) is 6.76. The molecule has 1 aromatic heterocycles. The molecule has 0 aliphatic carbocycles. The lowest BCUT2D eigenvalue weighted by molar-refractivity contribution is -0.137. The third kappa shape index (κ3) is 4.18. The Morgan fingerprint density at radius 2 is 2.07 bits per heavy atom. The van der Waals surface area contributed by atoms with E-state index in [1.165, 1.54) is 6.26 Å². The minimum absolute atomic E-state index is 0.00768. The molecule has 28 heavy (non-hydrogen) atoms. The Kier molecular flexibility index (Phi) is 5.74. The lowest BCUT2D eigenvalue weighted by atomic mass is 10.2. The van der Waals surface area contributed by atoms with Gasteiger partial charge in [-0.1, -0.05) is 11.6 Å². The van der Waals surface area contributed by atoms with Gasteiger partial charge in [0.05, 0.1) is 23.4 Å². The summed E-state index contributed by atoms with van der Waals surface area (Å²) in [5.74, 6) is -0.0674. The van der Waals surface area contributed by atoms with Gasteiger partial charge in [-0.05, 0) is 43.2 Å². The fourth-order valence-corrected chi connectivity index (χ4v) is 5.16. The van der Waals surface area contributed by atoms with E-state index in [1.54, 1.807) is 12.1 Å². The summed E-state index contributed by atoms with van der Waals surface area (Å²) in [4.78, 5) is 11.8. The zero-order valence-electron chi connectivity index (χ0n) is 14.4. The Morgan fingerprint density at radius 1 is 1.32 bits per heavy atom. The number of nitrogens with one attached hydrogen (secondary N) is 1. The molecule has 1 N–H and O–H groups in total. The number of benzene rings is 1. The molecule has 1 aliphatic rings. The van der Waals surface area contributed by atoms with Gasteiger partial charge in [-0.15, -0.1) is 0 Å². The van der Waals surface area contributed by atoms with Crippen LogP contribution in [-0.2, 0) is 27.5 Å². The molecule has 6 nitrogen and oxygen atoms in total. The van der Waals surface area contributed by atoms with Crippen molar-refractivity contribution in [2.45, 2.75) is 36.5 Å². The average Bonchev–Trinajstić information content (AvgIpc) is 3.30. The van der Waals surface area contributed by atoms with E-state index in [-0.39, 0.29) is 24.5 Å². The van der Waals surface area contributed by atoms with Gasteiger partial charge >= 0.3 is 6.18 Å². The van der Waals surface area contributed by atoms with E-state index >= 15 is 0 Å². The summed E-state index contributed by atoms with van der Waals surface area (Å²) in [5, 5.41) is 2.24. The van der Waals surface area contributed by atoms with Gasteiger partial charge in [-0.25, -0.2) is 8.42 Å². The molecular formula is C17H16ClF3N2O4S. The van der Waals surface area contributed by atoms with Crippen LogP contribution in [0.5, 0.6) is 0 Å². The van der Waals surface area contributed by atoms with Crippen LogP contribution in [-0.4, -0.2) is 31.2 Å². The number of hydrogen-bond acceptors (Lipinski definition) is 4. The maximum atomic E-state index is 13.0. The van der Waals surface area contributed by atoms with Crippen LogP contribution in [0.15, 0.2) is 45.9 Å². The standard InChI is InChI=1S/C17H16ClF3N2O4S/c18-13-6-5-11(17(19,20)21)9-15(13)28(25,26)23-7-1-4-14(23)16(24)22-10-12-3-2-8-27-12/h2-3,5-6,8-9,14H,1,4,7,10H2,(H,22,24)/t14-/m0/s1. The van der Waals surface area contributed by atoms with Crippen molar-refractivity contribution < 1.29 is 30.8 Å². The molecule has 1 fully saturated rings. The Labute approximate surface area is 164 Å². The van der Waals surface area contributed by atoms with Crippen molar-refractivity contribution in [3.63, 3.8) is 0 Å². The molecule has 3 rings (SSSR count).